The predicted octanol–water partition coefficient (Wildman–Crippen LogP) is 5.32. The van der Waals surface area contributed by atoms with Gasteiger partial charge in [0.25, 0.3) is 23.6 Å². The Kier molecular flexibility index (Phi) is 8.50. The van der Waals surface area contributed by atoms with Gasteiger partial charge in [0.15, 0.2) is 0 Å². The molecule has 4 fully saturated rings. The predicted molar refractivity (Wildman–Crippen MR) is 217 cm³/mol. The number of fused-ring (bicyclic) bond motifs is 3. The normalized spacial score (nSPS) is 25.9. The molecule has 3 aromatic rings. The molecule has 5 heterocycles. The molecular formula is C46H45ClN6O7. The lowest BCUT2D eigenvalue weighted by Gasteiger charge is -2.65. The van der Waals surface area contributed by atoms with E-state index in [1.54, 1.807) is 42.5 Å². The summed E-state index contributed by atoms with van der Waals surface area (Å²) in [5, 5.41) is 11.8. The lowest BCUT2D eigenvalue weighted by molar-refractivity contribution is -0.199. The van der Waals surface area contributed by atoms with Gasteiger partial charge in [-0.25, -0.2) is 0 Å². The highest BCUT2D eigenvalue weighted by Crippen LogP contribution is 2.59. The SMILES string of the molecule is CC1(C)C(Oc2ccc(C#N)c(Cl)c2)C(C)(C)C1N1Cc2cc(C(=O)N3CC4(CC(CN5Cc6cc7c(cc6C5)C(=O)N(C5CCC(=O)NC5=O)C7=O)C4)C3)ccc2C1=O. The summed E-state index contributed by atoms with van der Waals surface area (Å²) < 4.78 is 6.46. The second kappa shape index (κ2) is 13.2. The number of imide groups is 2. The number of likely N-dealkylation sites (tertiary alicyclic amines) is 1. The first-order chi connectivity index (χ1) is 28.5. The van der Waals surface area contributed by atoms with E-state index in [1.807, 2.05) is 15.9 Å². The van der Waals surface area contributed by atoms with Crippen LogP contribution in [-0.2, 0) is 29.2 Å². The molecule has 7 aliphatic rings. The smallest absolute Gasteiger partial charge is 0.262 e. The molecule has 3 aromatic carbocycles. The number of nitrogens with zero attached hydrogens (tertiary/aromatic N) is 5. The minimum atomic E-state index is -0.979. The number of nitriles is 1. The molecule has 308 valence electrons. The summed E-state index contributed by atoms with van der Waals surface area (Å²) in [6.45, 7) is 12.5. The Labute approximate surface area is 352 Å². The van der Waals surface area contributed by atoms with Crippen molar-refractivity contribution < 1.29 is 33.5 Å². The maximum absolute atomic E-state index is 13.9. The Balaban J connectivity index is 0.724. The lowest BCUT2D eigenvalue weighted by atomic mass is 9.49. The summed E-state index contributed by atoms with van der Waals surface area (Å²) in [6.07, 6.45) is 2.06. The molecule has 10 rings (SSSR count). The van der Waals surface area contributed by atoms with E-state index in [2.05, 4.69) is 44.0 Å². The summed E-state index contributed by atoms with van der Waals surface area (Å²) in [5.41, 5.74) is 4.46. The number of hydrogen-bond donors (Lipinski definition) is 1. The zero-order valence-corrected chi connectivity index (χ0v) is 34.7. The van der Waals surface area contributed by atoms with Gasteiger partial charge in [-0.3, -0.25) is 43.9 Å². The van der Waals surface area contributed by atoms with Gasteiger partial charge >= 0.3 is 0 Å². The molecule has 5 aliphatic heterocycles. The molecular weight excluding hydrogens is 784 g/mol. The average Bonchev–Trinajstić information content (AvgIpc) is 3.79. The standard InChI is InChI=1S/C46H45ClN6O7/c1-44(2)42(45(3,4)43(44)60-30-7-5-26(17-48)34(47)14-30)52-21-29-11-25(6-8-31(29)39(52)57)38(56)51-22-46(23-51)15-24(16-46)18-50-19-27-12-32-33(13-28(27)20-50)41(59)53(40(32)58)35-9-10-36(54)49-37(35)55/h5-8,11-14,24,35,42-43H,9-10,15-16,18-23H2,1-4H3,(H,49,54,55). The van der Waals surface area contributed by atoms with E-state index < -0.39 is 40.5 Å². The first kappa shape index (κ1) is 38.6. The van der Waals surface area contributed by atoms with Crippen LogP contribution >= 0.6 is 11.6 Å². The zero-order valence-electron chi connectivity index (χ0n) is 34.0. The van der Waals surface area contributed by atoms with Crippen molar-refractivity contribution in [1.29, 1.82) is 5.26 Å². The largest absolute Gasteiger partial charge is 0.489 e. The van der Waals surface area contributed by atoms with Crippen molar-refractivity contribution in [3.05, 3.63) is 98.1 Å². The van der Waals surface area contributed by atoms with Crippen LogP contribution in [0.5, 0.6) is 5.75 Å². The summed E-state index contributed by atoms with van der Waals surface area (Å²) in [6, 6.07) is 15.1. The van der Waals surface area contributed by atoms with E-state index >= 15 is 0 Å². The van der Waals surface area contributed by atoms with Gasteiger partial charge in [0.1, 0.15) is 24.0 Å². The van der Waals surface area contributed by atoms with Gasteiger partial charge in [-0.2, -0.15) is 5.26 Å². The number of amides is 6. The molecule has 1 spiro atoms. The Hall–Kier alpha value is -5.58. The summed E-state index contributed by atoms with van der Waals surface area (Å²) in [7, 11) is 0. The second-order valence-electron chi connectivity index (χ2n) is 19.3. The zero-order chi connectivity index (χ0) is 42.2. The third-order valence-corrected chi connectivity index (χ3v) is 14.7. The fraction of sp³-hybridized carbons (Fsp3) is 0.457. The average molecular weight is 829 g/mol. The minimum absolute atomic E-state index is 0.0140. The molecule has 1 unspecified atom stereocenters. The molecule has 1 atom stereocenters. The van der Waals surface area contributed by atoms with Gasteiger partial charge in [-0.15, -0.1) is 0 Å². The van der Waals surface area contributed by atoms with Crippen LogP contribution in [0.2, 0.25) is 5.02 Å². The number of nitrogens with one attached hydrogen (secondary N) is 1. The van der Waals surface area contributed by atoms with Crippen molar-refractivity contribution in [3.63, 3.8) is 0 Å². The Morgan fingerprint density at radius 3 is 2.13 bits per heavy atom. The quantitative estimate of drug-likeness (QED) is 0.311. The maximum Gasteiger partial charge on any atom is 0.262 e. The van der Waals surface area contributed by atoms with Crippen LogP contribution in [0, 0.1) is 33.5 Å². The lowest BCUT2D eigenvalue weighted by Crippen LogP contribution is -2.74. The molecule has 1 N–H and O–H groups in total. The first-order valence-corrected chi connectivity index (χ1v) is 21.0. The van der Waals surface area contributed by atoms with Gasteiger partial charge in [0, 0.05) is 85.2 Å². The highest BCUT2D eigenvalue weighted by Gasteiger charge is 2.67. The number of benzene rings is 3. The van der Waals surface area contributed by atoms with Crippen molar-refractivity contribution in [2.24, 2.45) is 22.2 Å². The molecule has 13 nitrogen and oxygen atoms in total. The number of hydrogen-bond acceptors (Lipinski definition) is 9. The van der Waals surface area contributed by atoms with Crippen LogP contribution in [0.25, 0.3) is 0 Å². The van der Waals surface area contributed by atoms with Crippen molar-refractivity contribution in [2.75, 3.05) is 19.6 Å². The molecule has 0 aromatic heterocycles. The van der Waals surface area contributed by atoms with Gasteiger partial charge in [-0.1, -0.05) is 39.3 Å². The van der Waals surface area contributed by atoms with Crippen molar-refractivity contribution in [3.8, 4) is 11.8 Å². The highest BCUT2D eigenvalue weighted by molar-refractivity contribution is 6.31. The number of halogens is 1. The first-order valence-electron chi connectivity index (χ1n) is 20.7. The molecule has 14 heteroatoms. The van der Waals surface area contributed by atoms with Crippen LogP contribution in [0.3, 0.4) is 0 Å². The Morgan fingerprint density at radius 2 is 1.52 bits per heavy atom. The Morgan fingerprint density at radius 1 is 0.850 bits per heavy atom. The van der Waals surface area contributed by atoms with Crippen LogP contribution < -0.4 is 10.1 Å². The maximum atomic E-state index is 13.9. The fourth-order valence-electron chi connectivity index (χ4n) is 12.3. The molecule has 0 radical (unpaired) electrons. The van der Waals surface area contributed by atoms with Gasteiger partial charge in [-0.05, 0) is 84.3 Å². The van der Waals surface area contributed by atoms with E-state index in [4.69, 9.17) is 16.3 Å². The van der Waals surface area contributed by atoms with Crippen molar-refractivity contribution in [2.45, 2.75) is 91.2 Å². The summed E-state index contributed by atoms with van der Waals surface area (Å²) in [4.78, 5) is 85.6. The van der Waals surface area contributed by atoms with Gasteiger partial charge in [0.2, 0.25) is 11.8 Å². The topological polar surface area (TPSA) is 160 Å². The number of piperidine rings is 1. The number of carbonyl (C=O) groups is 6. The minimum Gasteiger partial charge on any atom is -0.489 e. The highest BCUT2D eigenvalue weighted by atomic mass is 35.5. The van der Waals surface area contributed by atoms with E-state index in [1.165, 1.54) is 0 Å². The number of carbonyl (C=O) groups excluding carboxylic acids is 6. The molecule has 6 amide bonds. The number of rotatable bonds is 7. The van der Waals surface area contributed by atoms with Crippen LogP contribution in [0.15, 0.2) is 48.5 Å². The Bertz CT molecular complexity index is 2470. The van der Waals surface area contributed by atoms with Crippen LogP contribution in [-0.4, -0.2) is 92.9 Å². The summed E-state index contributed by atoms with van der Waals surface area (Å²) >= 11 is 6.29. The van der Waals surface area contributed by atoms with E-state index in [0.29, 0.717) is 77.2 Å². The van der Waals surface area contributed by atoms with E-state index in [9.17, 15) is 34.0 Å². The van der Waals surface area contributed by atoms with E-state index in [0.717, 1.165) is 41.0 Å². The van der Waals surface area contributed by atoms with Crippen LogP contribution in [0.1, 0.15) is 117 Å². The van der Waals surface area contributed by atoms with Crippen molar-refractivity contribution >= 4 is 47.0 Å². The van der Waals surface area contributed by atoms with Gasteiger partial charge in [0.05, 0.1) is 21.7 Å². The molecule has 2 saturated heterocycles. The number of ether oxygens (including phenoxy) is 1. The molecule has 60 heavy (non-hydrogen) atoms. The monoisotopic (exact) mass is 828 g/mol. The van der Waals surface area contributed by atoms with E-state index in [-0.39, 0.29) is 42.2 Å². The van der Waals surface area contributed by atoms with Gasteiger partial charge < -0.3 is 14.5 Å². The van der Waals surface area contributed by atoms with Crippen molar-refractivity contribution in [1.82, 2.24) is 24.9 Å². The van der Waals surface area contributed by atoms with Crippen LogP contribution in [0.4, 0.5) is 0 Å². The molecule has 2 aliphatic carbocycles. The second-order valence-corrected chi connectivity index (χ2v) is 19.7. The third-order valence-electron chi connectivity index (χ3n) is 14.4. The fourth-order valence-corrected chi connectivity index (χ4v) is 12.5. The third kappa shape index (κ3) is 5.74. The summed E-state index contributed by atoms with van der Waals surface area (Å²) in [5.74, 6) is -0.970. The molecule has 0 bridgehead atoms. The molecule has 2 saturated carbocycles.